The van der Waals surface area contributed by atoms with Gasteiger partial charge in [-0.15, -0.1) is 0 Å². The van der Waals surface area contributed by atoms with Crippen LogP contribution in [0.3, 0.4) is 0 Å². The summed E-state index contributed by atoms with van der Waals surface area (Å²) in [4.78, 5) is 20.2. The third kappa shape index (κ3) is 6.94. The van der Waals surface area contributed by atoms with Crippen molar-refractivity contribution >= 4 is 32.5 Å². The summed E-state index contributed by atoms with van der Waals surface area (Å²) in [5.74, 6) is 0.587. The van der Waals surface area contributed by atoms with Gasteiger partial charge in [0.15, 0.2) is 0 Å². The second-order valence-electron chi connectivity index (χ2n) is 12.7. The minimum absolute atomic E-state index is 0.0219. The number of anilines is 1. The number of para-hydroxylation sites is 1. The first kappa shape index (κ1) is 33.5. The topological polar surface area (TPSA) is 87.1 Å². The van der Waals surface area contributed by atoms with Gasteiger partial charge < -0.3 is 19.1 Å². The quantitative estimate of drug-likeness (QED) is 0.220. The van der Waals surface area contributed by atoms with E-state index in [1.54, 1.807) is 44.1 Å². The fourth-order valence-corrected chi connectivity index (χ4v) is 8.46. The fourth-order valence-electron chi connectivity index (χ4n) is 6.94. The van der Waals surface area contributed by atoms with Crippen LogP contribution in [0.15, 0.2) is 77.8 Å². The summed E-state index contributed by atoms with van der Waals surface area (Å²) >= 11 is 0. The molecule has 246 valence electrons. The van der Waals surface area contributed by atoms with Gasteiger partial charge in [0.1, 0.15) is 12.3 Å². The highest BCUT2D eigenvalue weighted by Crippen LogP contribution is 2.37. The Morgan fingerprint density at radius 1 is 0.957 bits per heavy atom. The van der Waals surface area contributed by atoms with Crippen molar-refractivity contribution in [2.24, 2.45) is 0 Å². The number of amides is 1. The highest BCUT2D eigenvalue weighted by atomic mass is 32.2. The number of ether oxygens (including phenoxy) is 1. The number of hydrogen-bond donors (Lipinski definition) is 1. The van der Waals surface area contributed by atoms with E-state index in [1.165, 1.54) is 5.56 Å². The van der Waals surface area contributed by atoms with Crippen molar-refractivity contribution < 1.29 is 17.9 Å². The zero-order valence-electron chi connectivity index (χ0n) is 27.9. The molecule has 1 amide bonds. The van der Waals surface area contributed by atoms with Crippen molar-refractivity contribution in [2.75, 3.05) is 59.2 Å². The van der Waals surface area contributed by atoms with Crippen molar-refractivity contribution in [2.45, 2.75) is 50.1 Å². The molecule has 1 aliphatic heterocycles. The molecule has 1 saturated heterocycles. The number of nitrogens with one attached hydrogen (secondary N) is 1. The highest BCUT2D eigenvalue weighted by molar-refractivity contribution is 7.92. The number of likely N-dealkylation sites (N-methyl/N-ethyl adjacent to an activating group) is 1. The molecule has 0 bridgehead atoms. The second-order valence-corrected chi connectivity index (χ2v) is 14.3. The maximum Gasteiger partial charge on any atom is 0.262 e. The number of sulfonamides is 1. The Morgan fingerprint density at radius 3 is 2.26 bits per heavy atom. The number of aromatic nitrogens is 1. The van der Waals surface area contributed by atoms with E-state index in [-0.39, 0.29) is 22.9 Å². The number of methoxy groups -OCH3 is 1. The van der Waals surface area contributed by atoms with E-state index in [2.05, 4.69) is 58.9 Å². The van der Waals surface area contributed by atoms with Crippen LogP contribution in [0.5, 0.6) is 5.75 Å². The molecule has 5 rings (SSSR count). The molecule has 2 heterocycles. The van der Waals surface area contributed by atoms with E-state index in [0.29, 0.717) is 34.6 Å². The van der Waals surface area contributed by atoms with E-state index < -0.39 is 10.0 Å². The number of piperidine rings is 1. The number of carbonyl (C=O) groups excluding carboxylic acids is 1. The van der Waals surface area contributed by atoms with Crippen molar-refractivity contribution in [3.05, 3.63) is 89.6 Å². The fraction of sp³-hybridized carbons (Fsp3) is 0.417. The van der Waals surface area contributed by atoms with Crippen LogP contribution in [-0.2, 0) is 26.9 Å². The normalized spacial score (nSPS) is 15.3. The van der Waals surface area contributed by atoms with Gasteiger partial charge in [0.05, 0.1) is 23.2 Å². The summed E-state index contributed by atoms with van der Waals surface area (Å²) < 4.78 is 37.1. The summed E-state index contributed by atoms with van der Waals surface area (Å²) in [6.45, 7) is 7.28. The van der Waals surface area contributed by atoms with Gasteiger partial charge in [-0.25, -0.2) is 8.42 Å². The van der Waals surface area contributed by atoms with Crippen LogP contribution in [-0.4, -0.2) is 88.0 Å². The Morgan fingerprint density at radius 2 is 1.63 bits per heavy atom. The third-order valence-corrected chi connectivity index (χ3v) is 11.2. The molecule has 3 aromatic carbocycles. The zero-order chi connectivity index (χ0) is 33.1. The van der Waals surface area contributed by atoms with E-state index >= 15 is 0 Å². The van der Waals surface area contributed by atoms with Crippen LogP contribution in [0, 0.1) is 13.8 Å². The molecule has 1 N–H and O–H groups in total. The number of likely N-dealkylation sites (tertiary alicyclic amines) is 1. The number of nitrogens with zero attached hydrogens (tertiary/aromatic N) is 4. The maximum absolute atomic E-state index is 13.6. The molecule has 10 heteroatoms. The number of hydrogen-bond acceptors (Lipinski definition) is 6. The molecule has 0 aliphatic carbocycles. The van der Waals surface area contributed by atoms with Gasteiger partial charge in [0.2, 0.25) is 5.91 Å². The molecule has 46 heavy (non-hydrogen) atoms. The highest BCUT2D eigenvalue weighted by Gasteiger charge is 2.37. The molecule has 1 fully saturated rings. The summed E-state index contributed by atoms with van der Waals surface area (Å²) in [5, 5.41) is 0.855. The monoisotopic (exact) mass is 645 g/mol. The molecule has 0 spiro atoms. The van der Waals surface area contributed by atoms with Crippen molar-refractivity contribution in [1.82, 2.24) is 19.3 Å². The lowest BCUT2D eigenvalue weighted by Crippen LogP contribution is -2.50. The number of aryl methyl sites for hydroxylation is 2. The van der Waals surface area contributed by atoms with Crippen molar-refractivity contribution in [3.8, 4) is 5.75 Å². The first-order valence-corrected chi connectivity index (χ1v) is 17.4. The van der Waals surface area contributed by atoms with Gasteiger partial charge >= 0.3 is 0 Å². The predicted octanol–water partition coefficient (Wildman–Crippen LogP) is 5.47. The largest absolute Gasteiger partial charge is 0.497 e. The standard InChI is InChI=1S/C36H47N5O4S/c1-27-24-31(45-6)25-28(2)35(27)46(43,44)37-32-15-10-12-29-16-21-41(34(29)32)26-33(42)39(5)19-11-20-40-22-17-36(18-23-40,38(3)4)30-13-8-7-9-14-30/h7-10,12-16,21,24-25,37H,11,17-20,22-23,26H2,1-6H3. The van der Waals surface area contributed by atoms with Crippen LogP contribution in [0.4, 0.5) is 5.69 Å². The summed E-state index contributed by atoms with van der Waals surface area (Å²) in [6, 6.07) is 21.6. The van der Waals surface area contributed by atoms with E-state index in [4.69, 9.17) is 4.74 Å². The van der Waals surface area contributed by atoms with Gasteiger partial charge in [-0.05, 0) is 94.7 Å². The molecule has 9 nitrogen and oxygen atoms in total. The number of carbonyl (C=O) groups is 1. The molecule has 0 unspecified atom stereocenters. The summed E-state index contributed by atoms with van der Waals surface area (Å²) in [5.41, 5.74) is 3.74. The average molecular weight is 646 g/mol. The van der Waals surface area contributed by atoms with Crippen LogP contribution in [0.1, 0.15) is 36.0 Å². The maximum atomic E-state index is 13.6. The molecule has 1 aliphatic rings. The molecular formula is C36H47N5O4S. The Bertz CT molecular complexity index is 1750. The van der Waals surface area contributed by atoms with E-state index in [1.807, 2.05) is 36.0 Å². The lowest BCUT2D eigenvalue weighted by molar-refractivity contribution is -0.130. The van der Waals surface area contributed by atoms with Crippen LogP contribution in [0.25, 0.3) is 10.9 Å². The second kappa shape index (κ2) is 13.9. The molecule has 1 aromatic heterocycles. The number of rotatable bonds is 12. The molecule has 0 saturated carbocycles. The molecular weight excluding hydrogens is 598 g/mol. The third-order valence-electron chi connectivity index (χ3n) is 9.52. The molecule has 0 atom stereocenters. The minimum atomic E-state index is -3.90. The Kier molecular flexibility index (Phi) is 10.1. The van der Waals surface area contributed by atoms with Gasteiger partial charge in [-0.2, -0.15) is 0 Å². The number of fused-ring (bicyclic) bond motifs is 1. The smallest absolute Gasteiger partial charge is 0.262 e. The van der Waals surface area contributed by atoms with Gasteiger partial charge in [0, 0.05) is 43.8 Å². The van der Waals surface area contributed by atoms with Gasteiger partial charge in [-0.1, -0.05) is 42.5 Å². The van der Waals surface area contributed by atoms with Crippen LogP contribution < -0.4 is 9.46 Å². The first-order valence-electron chi connectivity index (χ1n) is 15.9. The lowest BCUT2D eigenvalue weighted by atomic mass is 9.80. The number of benzene rings is 3. The predicted molar refractivity (Wildman–Crippen MR) is 185 cm³/mol. The Labute approximate surface area is 273 Å². The zero-order valence-corrected chi connectivity index (χ0v) is 28.7. The SMILES string of the molecule is COc1cc(C)c(S(=O)(=O)Nc2cccc3ccn(CC(=O)N(C)CCCN4CCC(c5ccccc5)(N(C)C)CC4)c23)c(C)c1. The van der Waals surface area contributed by atoms with Crippen LogP contribution >= 0.6 is 0 Å². The lowest BCUT2D eigenvalue weighted by Gasteiger charge is -2.46. The van der Waals surface area contributed by atoms with E-state index in [0.717, 1.165) is 44.3 Å². The van der Waals surface area contributed by atoms with Crippen molar-refractivity contribution in [3.63, 3.8) is 0 Å². The van der Waals surface area contributed by atoms with Gasteiger partial charge in [-0.3, -0.25) is 14.4 Å². The summed E-state index contributed by atoms with van der Waals surface area (Å²) in [7, 11) is 3.86. The van der Waals surface area contributed by atoms with E-state index in [9.17, 15) is 13.2 Å². The van der Waals surface area contributed by atoms with Crippen LogP contribution in [0.2, 0.25) is 0 Å². The average Bonchev–Trinajstić information content (AvgIpc) is 3.44. The molecule has 4 aromatic rings. The Balaban J connectivity index is 1.20. The molecule has 0 radical (unpaired) electrons. The van der Waals surface area contributed by atoms with Crippen molar-refractivity contribution in [1.29, 1.82) is 0 Å². The summed E-state index contributed by atoms with van der Waals surface area (Å²) in [6.07, 6.45) is 4.88. The van der Waals surface area contributed by atoms with Gasteiger partial charge in [0.25, 0.3) is 10.0 Å². The first-order chi connectivity index (χ1) is 21.9. The Hall–Kier alpha value is -3.86. The minimum Gasteiger partial charge on any atom is -0.497 e.